The highest BCUT2D eigenvalue weighted by molar-refractivity contribution is 6.30. The molecule has 1 aliphatic heterocycles. The molecule has 0 spiro atoms. The van der Waals surface area contributed by atoms with Gasteiger partial charge in [0.2, 0.25) is 0 Å². The summed E-state index contributed by atoms with van der Waals surface area (Å²) in [4.78, 5) is 2.07. The number of halogens is 6. The molecule has 1 saturated heterocycles. The molecule has 1 N–H and O–H groups in total. The number of nitrogens with zero attached hydrogens (tertiary/aromatic N) is 1. The van der Waals surface area contributed by atoms with Gasteiger partial charge in [0.1, 0.15) is 0 Å². The average Bonchev–Trinajstić information content (AvgIpc) is 2.45. The van der Waals surface area contributed by atoms with Crippen LogP contribution in [0.4, 0.5) is 13.2 Å². The zero-order valence-electron chi connectivity index (χ0n) is 12.4. The van der Waals surface area contributed by atoms with E-state index in [1.54, 1.807) is 6.08 Å². The van der Waals surface area contributed by atoms with E-state index < -0.39 is 11.7 Å². The van der Waals surface area contributed by atoms with Gasteiger partial charge < -0.3 is 5.32 Å². The van der Waals surface area contributed by atoms with Gasteiger partial charge in [-0.3, -0.25) is 4.90 Å². The third-order valence-corrected chi connectivity index (χ3v) is 3.90. The first kappa shape index (κ1) is 22.5. The van der Waals surface area contributed by atoms with Gasteiger partial charge in [0, 0.05) is 37.2 Å². The van der Waals surface area contributed by atoms with Crippen LogP contribution in [0.15, 0.2) is 30.9 Å². The average molecular weight is 392 g/mol. The molecule has 2 nitrogen and oxygen atoms in total. The Morgan fingerprint density at radius 2 is 1.87 bits per heavy atom. The Morgan fingerprint density at radius 1 is 1.26 bits per heavy atom. The standard InChI is InChI=1S/C15H18ClF3N2.2ClH/c1-2-3-14(21-8-6-20-7-9-21)12-5-4-11(16)10-13(12)15(17,18)19;;/h2,4-5,10,14,20H,1,3,6-9H2;2*1H/t14-;;/m0../s1. The van der Waals surface area contributed by atoms with E-state index in [9.17, 15) is 13.2 Å². The number of alkyl halides is 3. The summed E-state index contributed by atoms with van der Waals surface area (Å²) in [6, 6.07) is 3.69. The Labute approximate surface area is 151 Å². The maximum atomic E-state index is 13.3. The van der Waals surface area contributed by atoms with Crippen molar-refractivity contribution in [3.63, 3.8) is 0 Å². The smallest absolute Gasteiger partial charge is 0.314 e. The molecule has 8 heteroatoms. The molecule has 2 rings (SSSR count). The van der Waals surface area contributed by atoms with Gasteiger partial charge in [0.15, 0.2) is 0 Å². The Bertz CT molecular complexity index is 503. The lowest BCUT2D eigenvalue weighted by Gasteiger charge is -2.36. The molecule has 1 aliphatic rings. The van der Waals surface area contributed by atoms with E-state index in [1.165, 1.54) is 12.1 Å². The first-order chi connectivity index (χ1) is 9.93. The van der Waals surface area contributed by atoms with Gasteiger partial charge in [0.25, 0.3) is 0 Å². The highest BCUT2D eigenvalue weighted by Gasteiger charge is 2.36. The summed E-state index contributed by atoms with van der Waals surface area (Å²) in [7, 11) is 0. The normalized spacial score (nSPS) is 16.9. The maximum Gasteiger partial charge on any atom is 0.416 e. The van der Waals surface area contributed by atoms with Crippen molar-refractivity contribution in [1.82, 2.24) is 10.2 Å². The minimum absolute atomic E-state index is 0. The molecule has 1 aromatic carbocycles. The molecule has 0 bridgehead atoms. The first-order valence-electron chi connectivity index (χ1n) is 6.86. The van der Waals surface area contributed by atoms with Crippen molar-refractivity contribution in [3.05, 3.63) is 47.0 Å². The minimum Gasteiger partial charge on any atom is -0.314 e. The van der Waals surface area contributed by atoms with Crippen LogP contribution < -0.4 is 5.32 Å². The van der Waals surface area contributed by atoms with Crippen molar-refractivity contribution in [2.75, 3.05) is 26.2 Å². The van der Waals surface area contributed by atoms with Gasteiger partial charge in [-0.2, -0.15) is 13.2 Å². The lowest BCUT2D eigenvalue weighted by atomic mass is 9.95. The number of piperazine rings is 1. The van der Waals surface area contributed by atoms with E-state index in [-0.39, 0.29) is 41.4 Å². The van der Waals surface area contributed by atoms with Gasteiger partial charge >= 0.3 is 6.18 Å². The third-order valence-electron chi connectivity index (χ3n) is 3.66. The number of hydrogen-bond acceptors (Lipinski definition) is 2. The second-order valence-corrected chi connectivity index (χ2v) is 5.49. The molecule has 23 heavy (non-hydrogen) atoms. The van der Waals surface area contributed by atoms with Gasteiger partial charge in [-0.1, -0.05) is 23.7 Å². The highest BCUT2D eigenvalue weighted by atomic mass is 35.5. The molecular weight excluding hydrogens is 372 g/mol. The van der Waals surface area contributed by atoms with Crippen LogP contribution in [0.25, 0.3) is 0 Å². The summed E-state index contributed by atoms with van der Waals surface area (Å²) in [6.07, 6.45) is -2.26. The van der Waals surface area contributed by atoms with Crippen molar-refractivity contribution in [2.24, 2.45) is 0 Å². The summed E-state index contributed by atoms with van der Waals surface area (Å²) < 4.78 is 39.8. The number of nitrogens with one attached hydrogen (secondary N) is 1. The Morgan fingerprint density at radius 3 is 2.39 bits per heavy atom. The van der Waals surface area contributed by atoms with Crippen LogP contribution in [0.1, 0.15) is 23.6 Å². The van der Waals surface area contributed by atoms with Gasteiger partial charge in [-0.25, -0.2) is 0 Å². The lowest BCUT2D eigenvalue weighted by molar-refractivity contribution is -0.138. The van der Waals surface area contributed by atoms with Gasteiger partial charge in [-0.05, 0) is 24.1 Å². The second kappa shape index (κ2) is 9.74. The first-order valence-corrected chi connectivity index (χ1v) is 7.23. The van der Waals surface area contributed by atoms with E-state index in [1.807, 2.05) is 0 Å². The molecule has 1 atom stereocenters. The number of benzene rings is 1. The highest BCUT2D eigenvalue weighted by Crippen LogP contribution is 2.39. The largest absolute Gasteiger partial charge is 0.416 e. The van der Waals surface area contributed by atoms with Crippen LogP contribution in [0.3, 0.4) is 0 Å². The maximum absolute atomic E-state index is 13.3. The van der Waals surface area contributed by atoms with Crippen LogP contribution in [0.2, 0.25) is 5.02 Å². The van der Waals surface area contributed by atoms with E-state index in [4.69, 9.17) is 11.6 Å². The van der Waals surface area contributed by atoms with Crippen LogP contribution in [-0.4, -0.2) is 31.1 Å². The predicted octanol–water partition coefficient (Wildman–Crippen LogP) is 4.72. The van der Waals surface area contributed by atoms with Crippen LogP contribution >= 0.6 is 36.4 Å². The van der Waals surface area contributed by atoms with E-state index in [0.717, 1.165) is 32.2 Å². The van der Waals surface area contributed by atoms with E-state index in [0.29, 0.717) is 6.42 Å². The summed E-state index contributed by atoms with van der Waals surface area (Å²) in [5.74, 6) is 0. The van der Waals surface area contributed by atoms with Crippen molar-refractivity contribution in [3.8, 4) is 0 Å². The predicted molar refractivity (Wildman–Crippen MR) is 92.9 cm³/mol. The van der Waals surface area contributed by atoms with E-state index in [2.05, 4.69) is 16.8 Å². The van der Waals surface area contributed by atoms with Crippen LogP contribution in [0.5, 0.6) is 0 Å². The molecule has 0 aliphatic carbocycles. The molecule has 1 aromatic rings. The second-order valence-electron chi connectivity index (χ2n) is 5.06. The van der Waals surface area contributed by atoms with Crippen molar-refractivity contribution < 1.29 is 13.2 Å². The summed E-state index contributed by atoms with van der Waals surface area (Å²) in [6.45, 7) is 6.68. The Balaban J connectivity index is 0.00000242. The zero-order chi connectivity index (χ0) is 15.5. The van der Waals surface area contributed by atoms with Crippen molar-refractivity contribution >= 4 is 36.4 Å². The molecule has 0 unspecified atom stereocenters. The molecule has 0 aromatic heterocycles. The molecule has 0 saturated carbocycles. The quantitative estimate of drug-likeness (QED) is 0.747. The summed E-state index contributed by atoms with van der Waals surface area (Å²) in [5, 5.41) is 3.31. The Hall–Kier alpha value is -0.460. The minimum atomic E-state index is -4.41. The van der Waals surface area contributed by atoms with Crippen LogP contribution in [-0.2, 0) is 6.18 Å². The number of rotatable bonds is 4. The Kier molecular flexibility index (Phi) is 9.55. The fourth-order valence-electron chi connectivity index (χ4n) is 2.69. The molecule has 0 amide bonds. The molecule has 0 radical (unpaired) electrons. The summed E-state index contributed by atoms with van der Waals surface area (Å²) in [5.41, 5.74) is -0.380. The van der Waals surface area contributed by atoms with E-state index >= 15 is 0 Å². The fraction of sp³-hybridized carbons (Fsp3) is 0.467. The zero-order valence-corrected chi connectivity index (χ0v) is 14.8. The summed E-state index contributed by atoms with van der Waals surface area (Å²) >= 11 is 5.75. The third kappa shape index (κ3) is 5.84. The number of hydrogen-bond donors (Lipinski definition) is 1. The molecule has 1 fully saturated rings. The SMILES string of the molecule is C=CC[C@@H](c1ccc(Cl)cc1C(F)(F)F)N1CCNCC1.Cl.Cl. The lowest BCUT2D eigenvalue weighted by Crippen LogP contribution is -2.45. The monoisotopic (exact) mass is 390 g/mol. The van der Waals surface area contributed by atoms with Gasteiger partial charge in [-0.15, -0.1) is 31.4 Å². The van der Waals surface area contributed by atoms with Crippen LogP contribution in [0, 0.1) is 0 Å². The van der Waals surface area contributed by atoms with Crippen molar-refractivity contribution in [2.45, 2.75) is 18.6 Å². The fourth-order valence-corrected chi connectivity index (χ4v) is 2.86. The molecular formula is C15H20Cl3F3N2. The molecule has 1 heterocycles. The topological polar surface area (TPSA) is 15.3 Å². The van der Waals surface area contributed by atoms with Gasteiger partial charge in [0.05, 0.1) is 5.56 Å². The van der Waals surface area contributed by atoms with Crippen molar-refractivity contribution in [1.29, 1.82) is 0 Å². The molecule has 132 valence electrons.